The molecule has 2 nitrogen and oxygen atoms in total. The Labute approximate surface area is 102 Å². The van der Waals surface area contributed by atoms with Gasteiger partial charge in [0.2, 0.25) is 0 Å². The minimum absolute atomic E-state index is 0.525. The van der Waals surface area contributed by atoms with Gasteiger partial charge in [0.15, 0.2) is 0 Å². The van der Waals surface area contributed by atoms with Crippen molar-refractivity contribution < 1.29 is 9.90 Å². The van der Waals surface area contributed by atoms with Crippen LogP contribution in [0.25, 0.3) is 5.57 Å². The largest absolute Gasteiger partial charge is 0.478 e. The van der Waals surface area contributed by atoms with Crippen LogP contribution in [0.4, 0.5) is 0 Å². The van der Waals surface area contributed by atoms with Crippen LogP contribution in [0.3, 0.4) is 0 Å². The summed E-state index contributed by atoms with van der Waals surface area (Å²) in [5.41, 5.74) is 2.48. The molecule has 1 atom stereocenters. The molecule has 1 saturated carbocycles. The quantitative estimate of drug-likeness (QED) is 0.786. The Hall–Kier alpha value is -1.57. The molecule has 1 fully saturated rings. The zero-order valence-corrected chi connectivity index (χ0v) is 10.1. The summed E-state index contributed by atoms with van der Waals surface area (Å²) in [5, 5.41) is 9.41. The van der Waals surface area contributed by atoms with Gasteiger partial charge < -0.3 is 5.11 Å². The first-order chi connectivity index (χ1) is 8.18. The number of hydrogen-bond acceptors (Lipinski definition) is 1. The summed E-state index contributed by atoms with van der Waals surface area (Å²) < 4.78 is 0. The molecule has 1 aliphatic carbocycles. The number of allylic oxidation sites excluding steroid dienone is 1. The lowest BCUT2D eigenvalue weighted by molar-refractivity contribution is -0.130. The van der Waals surface area contributed by atoms with Crippen molar-refractivity contribution in [3.8, 4) is 0 Å². The molecule has 0 heterocycles. The highest BCUT2D eigenvalue weighted by Gasteiger charge is 2.21. The molecule has 0 aliphatic heterocycles. The zero-order chi connectivity index (χ0) is 12.3. The van der Waals surface area contributed by atoms with Crippen molar-refractivity contribution in [1.82, 2.24) is 0 Å². The predicted molar refractivity (Wildman–Crippen MR) is 68.6 cm³/mol. The number of rotatable bonds is 2. The van der Waals surface area contributed by atoms with E-state index in [4.69, 9.17) is 0 Å². The standard InChI is InChI=1S/C15H18O2/c1-11-6-5-9-13(10-11)14(15(16)17)12-7-3-2-4-8-12/h2-4,7-8,11H,5-6,9-10H2,1H3,(H,16,17)/b14-13+/t11-/m1/s1. The maximum Gasteiger partial charge on any atom is 0.336 e. The summed E-state index contributed by atoms with van der Waals surface area (Å²) in [5.74, 6) is -0.183. The third-order valence-electron chi connectivity index (χ3n) is 3.40. The first-order valence-corrected chi connectivity index (χ1v) is 6.19. The molecule has 90 valence electrons. The predicted octanol–water partition coefficient (Wildman–Crippen LogP) is 3.73. The molecule has 17 heavy (non-hydrogen) atoms. The fourth-order valence-electron chi connectivity index (χ4n) is 2.60. The minimum atomic E-state index is -0.791. The molecule has 2 heteroatoms. The van der Waals surface area contributed by atoms with Crippen LogP contribution in [-0.4, -0.2) is 11.1 Å². The molecular weight excluding hydrogens is 212 g/mol. The molecule has 1 aromatic rings. The van der Waals surface area contributed by atoms with Crippen molar-refractivity contribution in [3.63, 3.8) is 0 Å². The van der Waals surface area contributed by atoms with E-state index in [0.717, 1.165) is 30.4 Å². The molecule has 0 saturated heterocycles. The summed E-state index contributed by atoms with van der Waals surface area (Å²) >= 11 is 0. The highest BCUT2D eigenvalue weighted by atomic mass is 16.4. The summed E-state index contributed by atoms with van der Waals surface area (Å²) in [6.45, 7) is 2.20. The van der Waals surface area contributed by atoms with Gasteiger partial charge in [-0.2, -0.15) is 0 Å². The maximum atomic E-state index is 11.4. The van der Waals surface area contributed by atoms with Gasteiger partial charge in [0.1, 0.15) is 0 Å². The molecule has 0 unspecified atom stereocenters. The highest BCUT2D eigenvalue weighted by Crippen LogP contribution is 2.33. The fourth-order valence-corrected chi connectivity index (χ4v) is 2.60. The van der Waals surface area contributed by atoms with E-state index in [-0.39, 0.29) is 0 Å². The molecule has 0 amide bonds. The maximum absolute atomic E-state index is 11.4. The van der Waals surface area contributed by atoms with Gasteiger partial charge in [0.25, 0.3) is 0 Å². The van der Waals surface area contributed by atoms with E-state index in [1.807, 2.05) is 30.3 Å². The van der Waals surface area contributed by atoms with E-state index < -0.39 is 5.97 Å². The Bertz CT molecular complexity index is 431. The van der Waals surface area contributed by atoms with Crippen molar-refractivity contribution in [1.29, 1.82) is 0 Å². The van der Waals surface area contributed by atoms with Crippen LogP contribution in [0.2, 0.25) is 0 Å². The van der Waals surface area contributed by atoms with E-state index in [1.54, 1.807) is 0 Å². The van der Waals surface area contributed by atoms with E-state index in [1.165, 1.54) is 6.42 Å². The average Bonchev–Trinajstić information content (AvgIpc) is 2.30. The lowest BCUT2D eigenvalue weighted by Crippen LogP contribution is -2.11. The second kappa shape index (κ2) is 5.17. The Kier molecular flexibility index (Phi) is 3.62. The molecule has 0 spiro atoms. The number of hydrogen-bond donors (Lipinski definition) is 1. The Morgan fingerprint density at radius 2 is 2.00 bits per heavy atom. The van der Waals surface area contributed by atoms with Crippen LogP contribution in [0.15, 0.2) is 35.9 Å². The molecule has 1 aliphatic rings. The normalized spacial score (nSPS) is 23.2. The molecule has 0 aromatic heterocycles. The van der Waals surface area contributed by atoms with Crippen molar-refractivity contribution in [2.45, 2.75) is 32.6 Å². The van der Waals surface area contributed by atoms with Crippen LogP contribution in [-0.2, 0) is 4.79 Å². The zero-order valence-electron chi connectivity index (χ0n) is 10.1. The highest BCUT2D eigenvalue weighted by molar-refractivity contribution is 6.16. The number of carboxylic acids is 1. The number of carboxylic acid groups (broad SMARTS) is 1. The SMILES string of the molecule is C[C@@H]1CCC/C(=C(\C(=O)O)c2ccccc2)C1. The van der Waals surface area contributed by atoms with Gasteiger partial charge in [-0.1, -0.05) is 49.2 Å². The second-order valence-corrected chi connectivity index (χ2v) is 4.85. The van der Waals surface area contributed by atoms with Crippen LogP contribution >= 0.6 is 0 Å². The van der Waals surface area contributed by atoms with E-state index in [0.29, 0.717) is 11.5 Å². The number of benzene rings is 1. The lowest BCUT2D eigenvalue weighted by atomic mass is 9.83. The third-order valence-corrected chi connectivity index (χ3v) is 3.40. The van der Waals surface area contributed by atoms with Gasteiger partial charge in [-0.15, -0.1) is 0 Å². The Balaban J connectivity index is 2.41. The third kappa shape index (κ3) is 2.76. The van der Waals surface area contributed by atoms with Gasteiger partial charge in [-0.25, -0.2) is 4.79 Å². The van der Waals surface area contributed by atoms with Crippen molar-refractivity contribution in [2.24, 2.45) is 5.92 Å². The molecule has 0 radical (unpaired) electrons. The van der Waals surface area contributed by atoms with Gasteiger partial charge in [-0.05, 0) is 30.7 Å². The second-order valence-electron chi connectivity index (χ2n) is 4.85. The summed E-state index contributed by atoms with van der Waals surface area (Å²) in [6.07, 6.45) is 4.18. The van der Waals surface area contributed by atoms with E-state index >= 15 is 0 Å². The molecule has 1 aromatic carbocycles. The van der Waals surface area contributed by atoms with Gasteiger partial charge in [0.05, 0.1) is 5.57 Å². The summed E-state index contributed by atoms with van der Waals surface area (Å²) in [6, 6.07) is 9.47. The Morgan fingerprint density at radius 1 is 1.29 bits per heavy atom. The summed E-state index contributed by atoms with van der Waals surface area (Å²) in [4.78, 5) is 11.4. The Morgan fingerprint density at radius 3 is 2.59 bits per heavy atom. The van der Waals surface area contributed by atoms with Crippen LogP contribution in [0.1, 0.15) is 38.2 Å². The van der Waals surface area contributed by atoms with Crippen molar-refractivity contribution >= 4 is 11.5 Å². The van der Waals surface area contributed by atoms with Gasteiger partial charge >= 0.3 is 5.97 Å². The first-order valence-electron chi connectivity index (χ1n) is 6.19. The monoisotopic (exact) mass is 230 g/mol. The average molecular weight is 230 g/mol. The smallest absolute Gasteiger partial charge is 0.336 e. The van der Waals surface area contributed by atoms with Crippen LogP contribution in [0, 0.1) is 5.92 Å². The molecule has 1 N–H and O–H groups in total. The van der Waals surface area contributed by atoms with Gasteiger partial charge in [-0.3, -0.25) is 0 Å². The molecule has 0 bridgehead atoms. The lowest BCUT2D eigenvalue weighted by Gasteiger charge is -2.22. The van der Waals surface area contributed by atoms with E-state index in [9.17, 15) is 9.90 Å². The topological polar surface area (TPSA) is 37.3 Å². The number of carbonyl (C=O) groups is 1. The van der Waals surface area contributed by atoms with Gasteiger partial charge in [0, 0.05) is 0 Å². The van der Waals surface area contributed by atoms with Crippen molar-refractivity contribution in [2.75, 3.05) is 0 Å². The fraction of sp³-hybridized carbons (Fsp3) is 0.400. The summed E-state index contributed by atoms with van der Waals surface area (Å²) in [7, 11) is 0. The molecule has 2 rings (SSSR count). The minimum Gasteiger partial charge on any atom is -0.478 e. The van der Waals surface area contributed by atoms with Crippen molar-refractivity contribution in [3.05, 3.63) is 41.5 Å². The van der Waals surface area contributed by atoms with E-state index in [2.05, 4.69) is 6.92 Å². The van der Waals surface area contributed by atoms with Crippen LogP contribution < -0.4 is 0 Å². The number of aliphatic carboxylic acids is 1. The van der Waals surface area contributed by atoms with Crippen LogP contribution in [0.5, 0.6) is 0 Å². The molecular formula is C15H18O2. The first kappa shape index (κ1) is 11.9.